The maximum Gasteiger partial charge on any atom is 0.255 e. The standard InChI is InChI=1S/C18H22N2O4/c1-11-9-15(13(3)24-11)12(2)20-17(21)10-19-18(22)14-7-5-6-8-16(14)23-4/h5-9,12H,10H2,1-4H3,(H,19,22)(H,20,21)/t12-/m1/s1. The number of ether oxygens (including phenoxy) is 1. The van der Waals surface area contributed by atoms with E-state index >= 15 is 0 Å². The number of furan rings is 1. The van der Waals surface area contributed by atoms with Crippen molar-refractivity contribution in [1.29, 1.82) is 0 Å². The number of methoxy groups -OCH3 is 1. The average Bonchev–Trinajstić information content (AvgIpc) is 2.91. The lowest BCUT2D eigenvalue weighted by atomic mass is 10.1. The van der Waals surface area contributed by atoms with Crippen LogP contribution < -0.4 is 15.4 Å². The van der Waals surface area contributed by atoms with Crippen molar-refractivity contribution < 1.29 is 18.7 Å². The lowest BCUT2D eigenvalue weighted by Crippen LogP contribution is -2.38. The van der Waals surface area contributed by atoms with Gasteiger partial charge in [0.25, 0.3) is 5.91 Å². The maximum atomic E-state index is 12.2. The fourth-order valence-electron chi connectivity index (χ4n) is 2.54. The Kier molecular flexibility index (Phi) is 5.63. The van der Waals surface area contributed by atoms with Gasteiger partial charge in [-0.3, -0.25) is 9.59 Å². The van der Waals surface area contributed by atoms with E-state index in [0.29, 0.717) is 11.3 Å². The molecule has 6 heteroatoms. The fraction of sp³-hybridized carbons (Fsp3) is 0.333. The predicted octanol–water partition coefficient (Wildman–Crippen LogP) is 2.51. The van der Waals surface area contributed by atoms with Gasteiger partial charge in [-0.25, -0.2) is 0 Å². The summed E-state index contributed by atoms with van der Waals surface area (Å²) in [6.07, 6.45) is 0. The summed E-state index contributed by atoms with van der Waals surface area (Å²) in [6.45, 7) is 5.47. The van der Waals surface area contributed by atoms with E-state index in [9.17, 15) is 9.59 Å². The number of para-hydroxylation sites is 1. The Hall–Kier alpha value is -2.76. The molecule has 24 heavy (non-hydrogen) atoms. The van der Waals surface area contributed by atoms with E-state index < -0.39 is 0 Å². The third kappa shape index (κ3) is 4.16. The number of hydrogen-bond donors (Lipinski definition) is 2. The molecule has 0 aliphatic carbocycles. The van der Waals surface area contributed by atoms with Gasteiger partial charge in [0.2, 0.25) is 5.91 Å². The van der Waals surface area contributed by atoms with E-state index in [4.69, 9.17) is 9.15 Å². The highest BCUT2D eigenvalue weighted by Gasteiger charge is 2.16. The third-order valence-corrected chi connectivity index (χ3v) is 3.68. The minimum Gasteiger partial charge on any atom is -0.496 e. The number of carbonyl (C=O) groups is 2. The third-order valence-electron chi connectivity index (χ3n) is 3.68. The van der Waals surface area contributed by atoms with Gasteiger partial charge in [0.1, 0.15) is 17.3 Å². The predicted molar refractivity (Wildman–Crippen MR) is 90.1 cm³/mol. The van der Waals surface area contributed by atoms with Crippen molar-refractivity contribution in [1.82, 2.24) is 10.6 Å². The summed E-state index contributed by atoms with van der Waals surface area (Å²) in [5, 5.41) is 5.44. The molecule has 0 bridgehead atoms. The Morgan fingerprint density at radius 1 is 1.25 bits per heavy atom. The monoisotopic (exact) mass is 330 g/mol. The summed E-state index contributed by atoms with van der Waals surface area (Å²) in [4.78, 5) is 24.2. The molecule has 2 rings (SSSR count). The quantitative estimate of drug-likeness (QED) is 0.853. The molecule has 0 aliphatic heterocycles. The van der Waals surface area contributed by atoms with Gasteiger partial charge < -0.3 is 19.8 Å². The summed E-state index contributed by atoms with van der Waals surface area (Å²) in [5.41, 5.74) is 1.32. The minimum atomic E-state index is -0.356. The number of nitrogens with one attached hydrogen (secondary N) is 2. The van der Waals surface area contributed by atoms with E-state index in [1.807, 2.05) is 26.8 Å². The number of carbonyl (C=O) groups excluding carboxylic acids is 2. The van der Waals surface area contributed by atoms with Crippen LogP contribution in [-0.2, 0) is 4.79 Å². The average molecular weight is 330 g/mol. The van der Waals surface area contributed by atoms with Gasteiger partial charge in [-0.2, -0.15) is 0 Å². The van der Waals surface area contributed by atoms with Gasteiger partial charge >= 0.3 is 0 Å². The lowest BCUT2D eigenvalue weighted by molar-refractivity contribution is -0.120. The Balaban J connectivity index is 1.91. The second-order valence-corrected chi connectivity index (χ2v) is 5.54. The van der Waals surface area contributed by atoms with Gasteiger partial charge in [0, 0.05) is 5.56 Å². The summed E-state index contributed by atoms with van der Waals surface area (Å²) in [7, 11) is 1.50. The lowest BCUT2D eigenvalue weighted by Gasteiger charge is -2.14. The van der Waals surface area contributed by atoms with Gasteiger partial charge in [-0.05, 0) is 39.0 Å². The van der Waals surface area contributed by atoms with E-state index in [1.54, 1.807) is 24.3 Å². The van der Waals surface area contributed by atoms with E-state index in [2.05, 4.69) is 10.6 Å². The molecular formula is C18H22N2O4. The van der Waals surface area contributed by atoms with Gasteiger partial charge in [-0.15, -0.1) is 0 Å². The number of hydrogen-bond acceptors (Lipinski definition) is 4. The van der Waals surface area contributed by atoms with Crippen LogP contribution in [0.1, 0.15) is 40.4 Å². The van der Waals surface area contributed by atoms with Crippen LogP contribution in [0, 0.1) is 13.8 Å². The van der Waals surface area contributed by atoms with Crippen molar-refractivity contribution >= 4 is 11.8 Å². The molecule has 2 aromatic rings. The molecule has 0 radical (unpaired) electrons. The molecule has 128 valence electrons. The fourth-order valence-corrected chi connectivity index (χ4v) is 2.54. The summed E-state index contributed by atoms with van der Waals surface area (Å²) in [6, 6.07) is 8.56. The highest BCUT2D eigenvalue weighted by atomic mass is 16.5. The Labute approximate surface area is 141 Å². The van der Waals surface area contributed by atoms with E-state index in [-0.39, 0.29) is 24.4 Å². The van der Waals surface area contributed by atoms with Gasteiger partial charge in [0.05, 0.1) is 25.3 Å². The molecule has 0 unspecified atom stereocenters. The molecule has 0 aliphatic rings. The molecule has 1 heterocycles. The normalized spacial score (nSPS) is 11.7. The van der Waals surface area contributed by atoms with Crippen LogP contribution in [0.15, 0.2) is 34.7 Å². The molecule has 0 fully saturated rings. The highest BCUT2D eigenvalue weighted by molar-refractivity contribution is 5.98. The van der Waals surface area contributed by atoms with Crippen molar-refractivity contribution in [2.45, 2.75) is 26.8 Å². The molecule has 0 spiro atoms. The Morgan fingerprint density at radius 2 is 1.96 bits per heavy atom. The molecule has 1 atom stereocenters. The molecule has 2 amide bonds. The van der Waals surface area contributed by atoms with Crippen LogP contribution in [0.4, 0.5) is 0 Å². The SMILES string of the molecule is COc1ccccc1C(=O)NCC(=O)N[C@H](C)c1cc(C)oc1C. The molecule has 1 aromatic carbocycles. The zero-order valence-corrected chi connectivity index (χ0v) is 14.3. The molecule has 0 saturated carbocycles. The smallest absolute Gasteiger partial charge is 0.255 e. The molecular weight excluding hydrogens is 308 g/mol. The van der Waals surface area contributed by atoms with Crippen LogP contribution in [0.3, 0.4) is 0 Å². The number of rotatable bonds is 6. The second-order valence-electron chi connectivity index (χ2n) is 5.54. The first kappa shape index (κ1) is 17.6. The van der Waals surface area contributed by atoms with Crippen LogP contribution >= 0.6 is 0 Å². The topological polar surface area (TPSA) is 80.6 Å². The van der Waals surface area contributed by atoms with E-state index in [1.165, 1.54) is 7.11 Å². The summed E-state index contributed by atoms with van der Waals surface area (Å²) < 4.78 is 10.6. The first-order valence-electron chi connectivity index (χ1n) is 7.70. The van der Waals surface area contributed by atoms with Crippen molar-refractivity contribution in [3.63, 3.8) is 0 Å². The molecule has 0 saturated heterocycles. The van der Waals surface area contributed by atoms with Crippen LogP contribution in [-0.4, -0.2) is 25.5 Å². The van der Waals surface area contributed by atoms with Crippen molar-refractivity contribution in [3.05, 3.63) is 53.0 Å². The van der Waals surface area contributed by atoms with Crippen molar-refractivity contribution in [2.24, 2.45) is 0 Å². The summed E-state index contributed by atoms with van der Waals surface area (Å²) in [5.74, 6) is 1.41. The molecule has 1 aromatic heterocycles. The molecule has 6 nitrogen and oxygen atoms in total. The zero-order valence-electron chi connectivity index (χ0n) is 14.3. The Morgan fingerprint density at radius 3 is 2.58 bits per heavy atom. The number of aryl methyl sites for hydroxylation is 2. The van der Waals surface area contributed by atoms with Gasteiger partial charge in [0.15, 0.2) is 0 Å². The highest BCUT2D eigenvalue weighted by Crippen LogP contribution is 2.21. The van der Waals surface area contributed by atoms with Crippen LogP contribution in [0.5, 0.6) is 5.75 Å². The minimum absolute atomic E-state index is 0.114. The first-order chi connectivity index (χ1) is 11.4. The van der Waals surface area contributed by atoms with E-state index in [0.717, 1.165) is 17.1 Å². The second kappa shape index (κ2) is 7.68. The largest absolute Gasteiger partial charge is 0.496 e. The van der Waals surface area contributed by atoms with Crippen LogP contribution in [0.25, 0.3) is 0 Å². The number of benzene rings is 1. The van der Waals surface area contributed by atoms with Crippen LogP contribution in [0.2, 0.25) is 0 Å². The van der Waals surface area contributed by atoms with Gasteiger partial charge in [-0.1, -0.05) is 12.1 Å². The maximum absolute atomic E-state index is 12.2. The zero-order chi connectivity index (χ0) is 17.7. The van der Waals surface area contributed by atoms with Crippen molar-refractivity contribution in [2.75, 3.05) is 13.7 Å². The summed E-state index contributed by atoms with van der Waals surface area (Å²) >= 11 is 0. The van der Waals surface area contributed by atoms with Crippen molar-refractivity contribution in [3.8, 4) is 5.75 Å². The number of amides is 2. The Bertz CT molecular complexity index is 736. The first-order valence-corrected chi connectivity index (χ1v) is 7.70. The molecule has 2 N–H and O–H groups in total.